The molecule has 0 spiro atoms. The molecule has 2 nitrogen and oxygen atoms in total. The highest BCUT2D eigenvalue weighted by atomic mass is 79.9. The summed E-state index contributed by atoms with van der Waals surface area (Å²) in [5, 5.41) is 13.1. The predicted molar refractivity (Wildman–Crippen MR) is 105 cm³/mol. The van der Waals surface area contributed by atoms with E-state index in [1.54, 1.807) is 24.3 Å². The summed E-state index contributed by atoms with van der Waals surface area (Å²) in [7, 11) is 0. The molecule has 0 radical (unpaired) electrons. The van der Waals surface area contributed by atoms with Crippen LogP contribution in [-0.4, -0.2) is 4.98 Å². The molecular weight excluding hydrogens is 427 g/mol. The van der Waals surface area contributed by atoms with Crippen LogP contribution in [0, 0.1) is 11.3 Å². The van der Waals surface area contributed by atoms with E-state index in [-0.39, 0.29) is 0 Å². The lowest BCUT2D eigenvalue weighted by Crippen LogP contribution is -1.84. The zero-order valence-corrected chi connectivity index (χ0v) is 16.0. The van der Waals surface area contributed by atoms with Gasteiger partial charge in [-0.25, -0.2) is 4.98 Å². The minimum absolute atomic E-state index is 0.463. The number of hydrogen-bond acceptors (Lipinski definition) is 3. The second-order valence-corrected chi connectivity index (χ2v) is 7.50. The Hall–Kier alpha value is -1.64. The van der Waals surface area contributed by atoms with Crippen molar-refractivity contribution in [3.63, 3.8) is 0 Å². The maximum absolute atomic E-state index is 9.48. The SMILES string of the molecule is N#C/C(=C\c1ccc(Cl)cc1Cl)c1nc(-c2cccc(Br)c2)cs1. The van der Waals surface area contributed by atoms with Crippen LogP contribution in [0.3, 0.4) is 0 Å². The van der Waals surface area contributed by atoms with Crippen LogP contribution in [0.15, 0.2) is 52.3 Å². The zero-order chi connectivity index (χ0) is 17.1. The first-order valence-corrected chi connectivity index (χ1v) is 9.28. The van der Waals surface area contributed by atoms with Crippen LogP contribution in [-0.2, 0) is 0 Å². The third kappa shape index (κ3) is 3.88. The minimum Gasteiger partial charge on any atom is -0.235 e. The van der Waals surface area contributed by atoms with E-state index < -0.39 is 0 Å². The number of hydrogen-bond donors (Lipinski definition) is 0. The molecule has 118 valence electrons. The van der Waals surface area contributed by atoms with Crippen molar-refractivity contribution >= 4 is 62.1 Å². The second-order valence-electron chi connectivity index (χ2n) is 4.88. The van der Waals surface area contributed by atoms with Crippen LogP contribution in [0.2, 0.25) is 10.0 Å². The van der Waals surface area contributed by atoms with Gasteiger partial charge < -0.3 is 0 Å². The number of aromatic nitrogens is 1. The van der Waals surface area contributed by atoms with Crippen molar-refractivity contribution in [2.45, 2.75) is 0 Å². The molecule has 6 heteroatoms. The van der Waals surface area contributed by atoms with E-state index in [1.165, 1.54) is 11.3 Å². The number of thiazole rings is 1. The number of benzene rings is 2. The van der Waals surface area contributed by atoms with Gasteiger partial charge in [-0.05, 0) is 35.9 Å². The fourth-order valence-electron chi connectivity index (χ4n) is 2.09. The average Bonchev–Trinajstić information content (AvgIpc) is 3.04. The van der Waals surface area contributed by atoms with Gasteiger partial charge in [-0.2, -0.15) is 5.26 Å². The summed E-state index contributed by atoms with van der Waals surface area (Å²) >= 11 is 17.0. The number of halogens is 3. The molecule has 1 aromatic heterocycles. The van der Waals surface area contributed by atoms with Gasteiger partial charge in [0, 0.05) is 25.5 Å². The monoisotopic (exact) mass is 434 g/mol. The van der Waals surface area contributed by atoms with Crippen LogP contribution in [0.4, 0.5) is 0 Å². The molecule has 0 aliphatic rings. The average molecular weight is 436 g/mol. The molecule has 0 aliphatic carbocycles. The molecule has 0 aliphatic heterocycles. The van der Waals surface area contributed by atoms with Crippen molar-refractivity contribution in [1.29, 1.82) is 5.26 Å². The molecule has 0 saturated carbocycles. The van der Waals surface area contributed by atoms with Gasteiger partial charge in [0.05, 0.1) is 11.3 Å². The Kier molecular flexibility index (Phi) is 5.37. The Labute approximate surface area is 162 Å². The first kappa shape index (κ1) is 17.2. The van der Waals surface area contributed by atoms with Crippen LogP contribution in [0.5, 0.6) is 0 Å². The smallest absolute Gasteiger partial charge is 0.134 e. The second kappa shape index (κ2) is 7.50. The van der Waals surface area contributed by atoms with Crippen molar-refractivity contribution in [2.24, 2.45) is 0 Å². The maximum atomic E-state index is 9.48. The molecule has 2 aromatic carbocycles. The molecule has 0 atom stereocenters. The maximum Gasteiger partial charge on any atom is 0.134 e. The van der Waals surface area contributed by atoms with Crippen molar-refractivity contribution < 1.29 is 0 Å². The van der Waals surface area contributed by atoms with Gasteiger partial charge in [-0.3, -0.25) is 0 Å². The molecule has 0 amide bonds. The Morgan fingerprint density at radius 1 is 1.21 bits per heavy atom. The highest BCUT2D eigenvalue weighted by molar-refractivity contribution is 9.10. The largest absolute Gasteiger partial charge is 0.235 e. The Balaban J connectivity index is 1.98. The molecule has 0 saturated heterocycles. The van der Waals surface area contributed by atoms with E-state index in [0.29, 0.717) is 20.6 Å². The number of allylic oxidation sites excluding steroid dienone is 1. The summed E-state index contributed by atoms with van der Waals surface area (Å²) < 4.78 is 0.985. The van der Waals surface area contributed by atoms with Crippen LogP contribution < -0.4 is 0 Å². The van der Waals surface area contributed by atoms with Crippen LogP contribution in [0.25, 0.3) is 22.9 Å². The molecule has 1 heterocycles. The van der Waals surface area contributed by atoms with Crippen LogP contribution in [0.1, 0.15) is 10.6 Å². The van der Waals surface area contributed by atoms with Crippen molar-refractivity contribution in [3.05, 3.63) is 72.9 Å². The van der Waals surface area contributed by atoms with Gasteiger partial charge in [0.25, 0.3) is 0 Å². The van der Waals surface area contributed by atoms with Crippen molar-refractivity contribution in [1.82, 2.24) is 4.98 Å². The fourth-order valence-corrected chi connectivity index (χ4v) is 3.75. The Bertz CT molecular complexity index is 973. The first-order chi connectivity index (χ1) is 11.6. The molecule has 3 rings (SSSR count). The lowest BCUT2D eigenvalue weighted by Gasteiger charge is -2.00. The lowest BCUT2D eigenvalue weighted by atomic mass is 10.1. The topological polar surface area (TPSA) is 36.7 Å². The normalized spacial score (nSPS) is 11.3. The molecule has 24 heavy (non-hydrogen) atoms. The molecule has 0 N–H and O–H groups in total. The number of nitriles is 1. The van der Waals surface area contributed by atoms with Gasteiger partial charge in [-0.1, -0.05) is 57.3 Å². The molecule has 3 aromatic rings. The molecular formula is C18H9BrCl2N2S. The summed E-state index contributed by atoms with van der Waals surface area (Å²) in [6, 6.07) is 15.2. The van der Waals surface area contributed by atoms with E-state index in [4.69, 9.17) is 23.2 Å². The summed E-state index contributed by atoms with van der Waals surface area (Å²) in [6.07, 6.45) is 1.72. The third-order valence-corrected chi connectivity index (χ3v) is 5.17. The summed E-state index contributed by atoms with van der Waals surface area (Å²) in [5.41, 5.74) is 3.02. The van der Waals surface area contributed by atoms with Crippen molar-refractivity contribution in [3.8, 4) is 17.3 Å². The molecule has 0 unspecified atom stereocenters. The lowest BCUT2D eigenvalue weighted by molar-refractivity contribution is 1.37. The van der Waals surface area contributed by atoms with E-state index in [0.717, 1.165) is 21.3 Å². The van der Waals surface area contributed by atoms with E-state index in [1.807, 2.05) is 29.6 Å². The molecule has 0 fully saturated rings. The quantitative estimate of drug-likeness (QED) is 0.417. The van der Waals surface area contributed by atoms with Gasteiger partial charge >= 0.3 is 0 Å². The van der Waals surface area contributed by atoms with Gasteiger partial charge in [0.1, 0.15) is 11.1 Å². The Morgan fingerprint density at radius 2 is 2.04 bits per heavy atom. The van der Waals surface area contributed by atoms with Crippen LogP contribution >= 0.6 is 50.5 Å². The summed E-state index contributed by atoms with van der Waals surface area (Å²) in [5.74, 6) is 0. The molecule has 0 bridgehead atoms. The van der Waals surface area contributed by atoms with Gasteiger partial charge in [0.15, 0.2) is 0 Å². The fraction of sp³-hybridized carbons (Fsp3) is 0. The Morgan fingerprint density at radius 3 is 2.75 bits per heavy atom. The van der Waals surface area contributed by atoms with E-state index >= 15 is 0 Å². The predicted octanol–water partition coefficient (Wildman–Crippen LogP) is 6.94. The summed E-state index contributed by atoms with van der Waals surface area (Å²) in [6.45, 7) is 0. The van der Waals surface area contributed by atoms with E-state index in [2.05, 4.69) is 27.0 Å². The summed E-state index contributed by atoms with van der Waals surface area (Å²) in [4.78, 5) is 4.57. The highest BCUT2D eigenvalue weighted by Crippen LogP contribution is 2.30. The van der Waals surface area contributed by atoms with Gasteiger partial charge in [-0.15, -0.1) is 11.3 Å². The standard InChI is InChI=1S/C18H9BrCl2N2S/c19-14-3-1-2-12(7-14)17-10-24-18(23-17)13(9-22)6-11-4-5-15(20)8-16(11)21/h1-8,10H/b13-6+. The third-order valence-electron chi connectivity index (χ3n) is 3.24. The minimum atomic E-state index is 0.463. The number of rotatable bonds is 3. The van der Waals surface area contributed by atoms with Crippen molar-refractivity contribution in [2.75, 3.05) is 0 Å². The first-order valence-electron chi connectivity index (χ1n) is 6.85. The number of nitrogens with zero attached hydrogens (tertiary/aromatic N) is 2. The van der Waals surface area contributed by atoms with E-state index in [9.17, 15) is 5.26 Å². The highest BCUT2D eigenvalue weighted by Gasteiger charge is 2.10. The zero-order valence-electron chi connectivity index (χ0n) is 12.1. The van der Waals surface area contributed by atoms with Gasteiger partial charge in [0.2, 0.25) is 0 Å².